The van der Waals surface area contributed by atoms with Crippen molar-refractivity contribution in [3.05, 3.63) is 64.3 Å². The van der Waals surface area contributed by atoms with E-state index in [0.29, 0.717) is 17.4 Å². The first-order valence-electron chi connectivity index (χ1n) is 8.78. The van der Waals surface area contributed by atoms with Crippen molar-refractivity contribution in [2.75, 3.05) is 10.6 Å². The van der Waals surface area contributed by atoms with E-state index in [-0.39, 0.29) is 27.1 Å². The molecule has 13 heteroatoms. The maximum atomic E-state index is 13.8. The van der Waals surface area contributed by atoms with Crippen molar-refractivity contribution in [3.8, 4) is 0 Å². The molecule has 3 aromatic rings. The monoisotopic (exact) mass is 471 g/mol. The zero-order chi connectivity index (χ0) is 23.8. The Morgan fingerprint density at radius 3 is 2.34 bits per heavy atom. The highest BCUT2D eigenvalue weighted by Crippen LogP contribution is 2.36. The van der Waals surface area contributed by atoms with Crippen LogP contribution in [0.3, 0.4) is 0 Å². The van der Waals surface area contributed by atoms with Crippen LogP contribution in [-0.4, -0.2) is 27.7 Å². The molecule has 0 radical (unpaired) electrons. The number of hydrogen-bond acceptors (Lipinski definition) is 7. The number of benzene rings is 1. The highest BCUT2D eigenvalue weighted by molar-refractivity contribution is 7.18. The first-order chi connectivity index (χ1) is 14.9. The number of rotatable bonds is 6. The van der Waals surface area contributed by atoms with Crippen LogP contribution in [0.15, 0.2) is 36.5 Å². The van der Waals surface area contributed by atoms with Gasteiger partial charge in [0.1, 0.15) is 22.4 Å². The molecule has 0 fully saturated rings. The molecule has 2 aromatic heterocycles. The Kier molecular flexibility index (Phi) is 6.12. The fourth-order valence-corrected chi connectivity index (χ4v) is 3.72. The van der Waals surface area contributed by atoms with Gasteiger partial charge in [-0.05, 0) is 31.2 Å². The van der Waals surface area contributed by atoms with Crippen LogP contribution in [0.25, 0.3) is 0 Å². The molecule has 4 N–H and O–H groups in total. The Hall–Kier alpha value is -3.61. The summed E-state index contributed by atoms with van der Waals surface area (Å²) in [6, 6.07) is 3.32. The number of nitrogen functional groups attached to an aromatic ring is 1. The second-order valence-corrected chi connectivity index (χ2v) is 7.49. The molecule has 1 unspecified atom stereocenters. The number of ketones is 1. The normalized spacial score (nSPS) is 12.4. The number of nitrogens with two attached hydrogens (primary N) is 2. The SMILES string of the molecule is CC(C(N)=O)N(c1ccc(F)c(F)c1)c1nc(N)c(C(=O)c2ccc(C(F)(F)F)nc2)s1. The summed E-state index contributed by atoms with van der Waals surface area (Å²) in [7, 11) is 0. The fourth-order valence-electron chi connectivity index (χ4n) is 2.67. The first-order valence-corrected chi connectivity index (χ1v) is 9.59. The lowest BCUT2D eigenvalue weighted by molar-refractivity contribution is -0.141. The van der Waals surface area contributed by atoms with Crippen LogP contribution in [0, 0.1) is 11.6 Å². The van der Waals surface area contributed by atoms with Crippen LogP contribution in [0.2, 0.25) is 0 Å². The molecule has 1 aromatic carbocycles. The number of aromatic nitrogens is 2. The number of amides is 1. The standard InChI is InChI=1S/C19H14F5N5O2S/c1-8(17(26)31)29(10-3-4-11(20)12(21)6-10)18-28-16(25)15(32-18)14(30)9-2-5-13(27-7-9)19(22,23)24/h2-8H,25H2,1H3,(H2,26,31). The summed E-state index contributed by atoms with van der Waals surface area (Å²) in [5.41, 5.74) is 9.84. The molecule has 0 aliphatic rings. The van der Waals surface area contributed by atoms with Crippen molar-refractivity contribution in [2.45, 2.75) is 19.1 Å². The Morgan fingerprint density at radius 2 is 1.81 bits per heavy atom. The maximum absolute atomic E-state index is 13.8. The van der Waals surface area contributed by atoms with Gasteiger partial charge in [-0.15, -0.1) is 0 Å². The number of carbonyl (C=O) groups excluding carboxylic acids is 2. The number of anilines is 3. The zero-order valence-electron chi connectivity index (χ0n) is 16.2. The van der Waals surface area contributed by atoms with Gasteiger partial charge in [-0.3, -0.25) is 14.6 Å². The number of hydrogen-bond donors (Lipinski definition) is 2. The lowest BCUT2D eigenvalue weighted by Crippen LogP contribution is -2.40. The Bertz CT molecular complexity index is 1180. The van der Waals surface area contributed by atoms with Gasteiger partial charge in [0.2, 0.25) is 11.7 Å². The molecule has 0 bridgehead atoms. The number of primary amides is 1. The lowest BCUT2D eigenvalue weighted by atomic mass is 10.1. The van der Waals surface area contributed by atoms with E-state index in [9.17, 15) is 31.5 Å². The van der Waals surface area contributed by atoms with Gasteiger partial charge >= 0.3 is 6.18 Å². The quantitative estimate of drug-likeness (QED) is 0.419. The van der Waals surface area contributed by atoms with Gasteiger partial charge < -0.3 is 16.4 Å². The third kappa shape index (κ3) is 4.51. The van der Waals surface area contributed by atoms with E-state index in [1.165, 1.54) is 13.0 Å². The molecule has 7 nitrogen and oxygen atoms in total. The van der Waals surface area contributed by atoms with Gasteiger partial charge in [-0.1, -0.05) is 11.3 Å². The van der Waals surface area contributed by atoms with Crippen LogP contribution >= 0.6 is 11.3 Å². The Morgan fingerprint density at radius 1 is 1.12 bits per heavy atom. The minimum atomic E-state index is -4.67. The van der Waals surface area contributed by atoms with Crippen molar-refractivity contribution >= 4 is 39.7 Å². The minimum absolute atomic E-state index is 0.0131. The lowest BCUT2D eigenvalue weighted by Gasteiger charge is -2.26. The van der Waals surface area contributed by atoms with E-state index in [0.717, 1.165) is 29.3 Å². The second kappa shape index (κ2) is 8.49. The molecule has 1 atom stereocenters. The molecule has 168 valence electrons. The van der Waals surface area contributed by atoms with Crippen molar-refractivity contribution < 1.29 is 31.5 Å². The number of carbonyl (C=O) groups is 2. The highest BCUT2D eigenvalue weighted by Gasteiger charge is 2.33. The van der Waals surface area contributed by atoms with E-state index in [1.807, 2.05) is 0 Å². The van der Waals surface area contributed by atoms with E-state index in [1.54, 1.807) is 0 Å². The van der Waals surface area contributed by atoms with E-state index in [2.05, 4.69) is 9.97 Å². The van der Waals surface area contributed by atoms with E-state index < -0.39 is 41.2 Å². The Labute approximate surface area is 181 Å². The van der Waals surface area contributed by atoms with Gasteiger partial charge in [0.05, 0.1) is 0 Å². The van der Waals surface area contributed by atoms with Crippen LogP contribution < -0.4 is 16.4 Å². The third-order valence-electron chi connectivity index (χ3n) is 4.35. The third-order valence-corrected chi connectivity index (χ3v) is 5.42. The van der Waals surface area contributed by atoms with Crippen molar-refractivity contribution in [2.24, 2.45) is 5.73 Å². The summed E-state index contributed by atoms with van der Waals surface area (Å²) in [5.74, 6) is -4.18. The number of thiazole rings is 1. The number of alkyl halides is 3. The largest absolute Gasteiger partial charge is 0.433 e. The summed E-state index contributed by atoms with van der Waals surface area (Å²) >= 11 is 0.697. The Balaban J connectivity index is 2.02. The van der Waals surface area contributed by atoms with Gasteiger partial charge in [0.25, 0.3) is 0 Å². The number of pyridine rings is 1. The van der Waals surface area contributed by atoms with Gasteiger partial charge in [0, 0.05) is 23.5 Å². The van der Waals surface area contributed by atoms with Gasteiger partial charge in [-0.2, -0.15) is 13.2 Å². The molecule has 1 amide bonds. The van der Waals surface area contributed by atoms with E-state index in [4.69, 9.17) is 11.5 Å². The molecule has 0 spiro atoms. The van der Waals surface area contributed by atoms with E-state index >= 15 is 0 Å². The topological polar surface area (TPSA) is 115 Å². The first kappa shape index (κ1) is 23.1. The molecule has 0 saturated heterocycles. The molecular formula is C19H14F5N5O2S. The molecule has 32 heavy (non-hydrogen) atoms. The fraction of sp³-hybridized carbons (Fsp3) is 0.158. The summed E-state index contributed by atoms with van der Waals surface area (Å²) in [4.78, 5) is 32.8. The average molecular weight is 471 g/mol. The summed E-state index contributed by atoms with van der Waals surface area (Å²) < 4.78 is 65.2. The summed E-state index contributed by atoms with van der Waals surface area (Å²) in [6.07, 6.45) is -3.92. The zero-order valence-corrected chi connectivity index (χ0v) is 17.0. The molecular weight excluding hydrogens is 457 g/mol. The summed E-state index contributed by atoms with van der Waals surface area (Å²) in [6.45, 7) is 1.38. The predicted molar refractivity (Wildman–Crippen MR) is 106 cm³/mol. The molecule has 2 heterocycles. The summed E-state index contributed by atoms with van der Waals surface area (Å²) in [5, 5.41) is -0.0389. The second-order valence-electron chi connectivity index (χ2n) is 6.52. The van der Waals surface area contributed by atoms with Crippen LogP contribution in [0.4, 0.5) is 38.6 Å². The molecule has 0 saturated carbocycles. The van der Waals surface area contributed by atoms with Gasteiger partial charge in [-0.25, -0.2) is 13.8 Å². The average Bonchev–Trinajstić information content (AvgIpc) is 3.10. The number of nitrogens with zero attached hydrogens (tertiary/aromatic N) is 3. The molecule has 0 aliphatic heterocycles. The van der Waals surface area contributed by atoms with Crippen LogP contribution in [0.1, 0.15) is 27.9 Å². The smallest absolute Gasteiger partial charge is 0.382 e. The number of halogens is 5. The molecule has 0 aliphatic carbocycles. The van der Waals surface area contributed by atoms with Crippen molar-refractivity contribution in [1.29, 1.82) is 0 Å². The van der Waals surface area contributed by atoms with Crippen molar-refractivity contribution in [3.63, 3.8) is 0 Å². The minimum Gasteiger partial charge on any atom is -0.382 e. The van der Waals surface area contributed by atoms with Gasteiger partial charge in [0.15, 0.2) is 16.8 Å². The van der Waals surface area contributed by atoms with Crippen LogP contribution in [0.5, 0.6) is 0 Å². The predicted octanol–water partition coefficient (Wildman–Crippen LogP) is 3.66. The van der Waals surface area contributed by atoms with Crippen molar-refractivity contribution in [1.82, 2.24) is 9.97 Å². The highest BCUT2D eigenvalue weighted by atomic mass is 32.1. The molecule has 3 rings (SSSR count). The maximum Gasteiger partial charge on any atom is 0.433 e. The van der Waals surface area contributed by atoms with Crippen LogP contribution in [-0.2, 0) is 11.0 Å².